The number of amides is 1. The third-order valence-corrected chi connectivity index (χ3v) is 4.15. The van der Waals surface area contributed by atoms with Crippen molar-refractivity contribution in [2.45, 2.75) is 26.2 Å². The average Bonchev–Trinajstić information content (AvgIpc) is 3.34. The van der Waals surface area contributed by atoms with Crippen LogP contribution in [0.4, 0.5) is 0 Å². The molecule has 0 aliphatic heterocycles. The third-order valence-electron chi connectivity index (χ3n) is 4.15. The highest BCUT2D eigenvalue weighted by Gasteiger charge is 2.23. The molecular weight excluding hydrogens is 304 g/mol. The molecule has 1 aliphatic rings. The van der Waals surface area contributed by atoms with E-state index in [-0.39, 0.29) is 5.91 Å². The van der Waals surface area contributed by atoms with Gasteiger partial charge in [-0.2, -0.15) is 0 Å². The first-order valence-electron chi connectivity index (χ1n) is 8.20. The van der Waals surface area contributed by atoms with Crippen LogP contribution < -0.4 is 10.1 Å². The van der Waals surface area contributed by atoms with Gasteiger partial charge in [0.15, 0.2) is 0 Å². The molecule has 0 atom stereocenters. The Morgan fingerprint density at radius 2 is 2.12 bits per heavy atom. The van der Waals surface area contributed by atoms with Crippen LogP contribution >= 0.6 is 0 Å². The standard InChI is InChI=1S/C19H22N2O3/c1-13(14-3-4-14)11-18(22)20-10-9-16-12-24-19(21-16)15-5-7-17(23-2)8-6-15/h5-8,11-12,14H,3-4,9-10H2,1-2H3,(H,20,22). The Morgan fingerprint density at radius 3 is 2.79 bits per heavy atom. The molecule has 3 rings (SSSR count). The summed E-state index contributed by atoms with van der Waals surface area (Å²) in [5.74, 6) is 1.96. The summed E-state index contributed by atoms with van der Waals surface area (Å²) in [6.45, 7) is 2.57. The van der Waals surface area contributed by atoms with Crippen LogP contribution in [0.5, 0.6) is 5.75 Å². The molecule has 1 heterocycles. The molecular formula is C19H22N2O3. The Morgan fingerprint density at radius 1 is 1.38 bits per heavy atom. The van der Waals surface area contributed by atoms with Gasteiger partial charge in [0.05, 0.1) is 12.8 Å². The van der Waals surface area contributed by atoms with Crippen molar-refractivity contribution < 1.29 is 13.9 Å². The number of ether oxygens (including phenoxy) is 1. The van der Waals surface area contributed by atoms with Gasteiger partial charge in [-0.25, -0.2) is 4.98 Å². The van der Waals surface area contributed by atoms with Gasteiger partial charge in [-0.1, -0.05) is 5.57 Å². The number of oxazole rings is 1. The van der Waals surface area contributed by atoms with Gasteiger partial charge >= 0.3 is 0 Å². The zero-order valence-electron chi connectivity index (χ0n) is 14.0. The van der Waals surface area contributed by atoms with Gasteiger partial charge < -0.3 is 14.5 Å². The first kappa shape index (κ1) is 16.3. The summed E-state index contributed by atoms with van der Waals surface area (Å²) in [6, 6.07) is 7.55. The van der Waals surface area contributed by atoms with Crippen LogP contribution in [0, 0.1) is 5.92 Å². The maximum atomic E-state index is 11.8. The van der Waals surface area contributed by atoms with Crippen LogP contribution in [0.1, 0.15) is 25.5 Å². The van der Waals surface area contributed by atoms with Gasteiger partial charge in [0.1, 0.15) is 12.0 Å². The number of carbonyl (C=O) groups is 1. The minimum absolute atomic E-state index is 0.0294. The molecule has 2 aromatic rings. The van der Waals surface area contributed by atoms with E-state index < -0.39 is 0 Å². The maximum absolute atomic E-state index is 11.8. The minimum Gasteiger partial charge on any atom is -0.497 e. The first-order valence-corrected chi connectivity index (χ1v) is 8.20. The maximum Gasteiger partial charge on any atom is 0.243 e. The number of rotatable bonds is 7. The Kier molecular flexibility index (Phi) is 4.99. The van der Waals surface area contributed by atoms with E-state index in [9.17, 15) is 4.79 Å². The van der Waals surface area contributed by atoms with Crippen molar-refractivity contribution >= 4 is 5.91 Å². The lowest BCUT2D eigenvalue weighted by molar-refractivity contribution is -0.116. The van der Waals surface area contributed by atoms with Crippen molar-refractivity contribution in [1.29, 1.82) is 0 Å². The highest BCUT2D eigenvalue weighted by Crippen LogP contribution is 2.35. The molecule has 0 unspecified atom stereocenters. The van der Waals surface area contributed by atoms with Crippen LogP contribution in [0.3, 0.4) is 0 Å². The predicted molar refractivity (Wildman–Crippen MR) is 91.7 cm³/mol. The van der Waals surface area contributed by atoms with E-state index in [1.54, 1.807) is 19.4 Å². The summed E-state index contributed by atoms with van der Waals surface area (Å²) < 4.78 is 10.6. The lowest BCUT2D eigenvalue weighted by Gasteiger charge is -2.01. The summed E-state index contributed by atoms with van der Waals surface area (Å²) in [6.07, 6.45) is 6.41. The zero-order chi connectivity index (χ0) is 16.9. The van der Waals surface area contributed by atoms with E-state index in [2.05, 4.69) is 10.3 Å². The van der Waals surface area contributed by atoms with E-state index in [1.807, 2.05) is 31.2 Å². The molecule has 1 amide bonds. The summed E-state index contributed by atoms with van der Waals surface area (Å²) in [5, 5.41) is 2.90. The van der Waals surface area contributed by atoms with Crippen molar-refractivity contribution in [2.24, 2.45) is 5.92 Å². The Hall–Kier alpha value is -2.56. The molecule has 1 aliphatic carbocycles. The van der Waals surface area contributed by atoms with Crippen LogP contribution in [0.2, 0.25) is 0 Å². The fourth-order valence-corrected chi connectivity index (χ4v) is 2.52. The predicted octanol–water partition coefficient (Wildman–Crippen LogP) is 3.37. The van der Waals surface area contributed by atoms with Gasteiger partial charge in [-0.05, 0) is 49.9 Å². The van der Waals surface area contributed by atoms with Gasteiger partial charge in [-0.3, -0.25) is 4.79 Å². The van der Waals surface area contributed by atoms with Crippen LogP contribution in [-0.4, -0.2) is 24.5 Å². The minimum atomic E-state index is -0.0294. The molecule has 126 valence electrons. The molecule has 1 N–H and O–H groups in total. The van der Waals surface area contributed by atoms with E-state index in [1.165, 1.54) is 18.4 Å². The van der Waals surface area contributed by atoms with E-state index in [4.69, 9.17) is 9.15 Å². The highest BCUT2D eigenvalue weighted by molar-refractivity contribution is 5.88. The lowest BCUT2D eigenvalue weighted by Crippen LogP contribution is -2.24. The Bertz CT molecular complexity index is 727. The van der Waals surface area contributed by atoms with Crippen molar-refractivity contribution in [2.75, 3.05) is 13.7 Å². The number of benzene rings is 1. The average molecular weight is 326 g/mol. The second-order valence-corrected chi connectivity index (χ2v) is 6.08. The topological polar surface area (TPSA) is 64.4 Å². The van der Waals surface area contributed by atoms with E-state index in [0.717, 1.165) is 17.0 Å². The molecule has 1 aromatic heterocycles. The van der Waals surface area contributed by atoms with Crippen LogP contribution in [0.25, 0.3) is 11.5 Å². The quantitative estimate of drug-likeness (QED) is 0.792. The molecule has 1 saturated carbocycles. The molecule has 1 aromatic carbocycles. The van der Waals surface area contributed by atoms with Crippen LogP contribution in [0.15, 0.2) is 46.6 Å². The van der Waals surface area contributed by atoms with Gasteiger partial charge in [0, 0.05) is 24.6 Å². The fourth-order valence-electron chi connectivity index (χ4n) is 2.52. The second kappa shape index (κ2) is 7.34. The summed E-state index contributed by atoms with van der Waals surface area (Å²) in [7, 11) is 1.63. The second-order valence-electron chi connectivity index (χ2n) is 6.08. The molecule has 0 spiro atoms. The molecule has 0 radical (unpaired) electrons. The normalized spacial score (nSPS) is 14.5. The summed E-state index contributed by atoms with van der Waals surface area (Å²) in [4.78, 5) is 16.3. The molecule has 1 fully saturated rings. The fraction of sp³-hybridized carbons (Fsp3) is 0.368. The third kappa shape index (κ3) is 4.25. The smallest absolute Gasteiger partial charge is 0.243 e. The summed E-state index contributed by atoms with van der Waals surface area (Å²) >= 11 is 0. The zero-order valence-corrected chi connectivity index (χ0v) is 14.0. The van der Waals surface area contributed by atoms with Crippen molar-refractivity contribution in [1.82, 2.24) is 10.3 Å². The number of hydrogen-bond donors (Lipinski definition) is 1. The molecule has 0 bridgehead atoms. The van der Waals surface area contributed by atoms with Crippen molar-refractivity contribution in [3.8, 4) is 17.2 Å². The highest BCUT2D eigenvalue weighted by atomic mass is 16.5. The Labute approximate surface area is 141 Å². The monoisotopic (exact) mass is 326 g/mol. The van der Waals surface area contributed by atoms with Crippen molar-refractivity contribution in [3.63, 3.8) is 0 Å². The Balaban J connectivity index is 1.50. The van der Waals surface area contributed by atoms with Crippen molar-refractivity contribution in [3.05, 3.63) is 47.9 Å². The van der Waals surface area contributed by atoms with Gasteiger partial charge in [-0.15, -0.1) is 0 Å². The SMILES string of the molecule is COc1ccc(-c2nc(CCNC(=O)C=C(C)C3CC3)co2)cc1. The van der Waals surface area contributed by atoms with E-state index >= 15 is 0 Å². The number of aromatic nitrogens is 1. The number of methoxy groups -OCH3 is 1. The number of hydrogen-bond acceptors (Lipinski definition) is 4. The number of nitrogens with one attached hydrogen (secondary N) is 1. The molecule has 5 heteroatoms. The number of nitrogens with zero attached hydrogens (tertiary/aromatic N) is 1. The summed E-state index contributed by atoms with van der Waals surface area (Å²) in [5.41, 5.74) is 2.90. The van der Waals surface area contributed by atoms with Gasteiger partial charge in [0.25, 0.3) is 0 Å². The largest absolute Gasteiger partial charge is 0.497 e. The van der Waals surface area contributed by atoms with Crippen LogP contribution in [-0.2, 0) is 11.2 Å². The number of allylic oxidation sites excluding steroid dienone is 1. The molecule has 5 nitrogen and oxygen atoms in total. The molecule has 0 saturated heterocycles. The number of carbonyl (C=O) groups excluding carboxylic acids is 1. The molecule has 24 heavy (non-hydrogen) atoms. The lowest BCUT2D eigenvalue weighted by atomic mass is 10.2. The first-order chi connectivity index (χ1) is 11.7. The van der Waals surface area contributed by atoms with Gasteiger partial charge in [0.2, 0.25) is 11.8 Å². The van der Waals surface area contributed by atoms with E-state index in [0.29, 0.717) is 24.8 Å².